The van der Waals surface area contributed by atoms with Gasteiger partial charge in [-0.3, -0.25) is 4.40 Å². The average Bonchev–Trinajstić information content (AvgIpc) is 2.80. The molecule has 0 radical (unpaired) electrons. The minimum atomic E-state index is 0.463. The van der Waals surface area contributed by atoms with Gasteiger partial charge in [0, 0.05) is 6.20 Å². The van der Waals surface area contributed by atoms with Crippen molar-refractivity contribution in [3.05, 3.63) is 65.1 Å². The summed E-state index contributed by atoms with van der Waals surface area (Å²) in [6.07, 6.45) is 3.65. The van der Waals surface area contributed by atoms with Crippen LogP contribution in [0.25, 0.3) is 5.65 Å². The normalized spacial score (nSPS) is 10.8. The van der Waals surface area contributed by atoms with E-state index < -0.39 is 0 Å². The van der Waals surface area contributed by atoms with Crippen molar-refractivity contribution in [2.45, 2.75) is 13.5 Å². The summed E-state index contributed by atoms with van der Waals surface area (Å²) in [7, 11) is 0. The molecule has 1 aromatic carbocycles. The molecule has 96 valence electrons. The van der Waals surface area contributed by atoms with E-state index in [9.17, 15) is 0 Å². The Bertz CT molecular complexity index is 704. The van der Waals surface area contributed by atoms with Crippen LogP contribution in [0.4, 0.5) is 0 Å². The zero-order valence-electron chi connectivity index (χ0n) is 10.5. The molecule has 0 fully saturated rings. The molecule has 4 heteroatoms. The number of hydrogen-bond donors (Lipinski definition) is 0. The first kappa shape index (κ1) is 12.1. The summed E-state index contributed by atoms with van der Waals surface area (Å²) in [5.41, 5.74) is 3.05. The second kappa shape index (κ2) is 4.94. The lowest BCUT2D eigenvalue weighted by atomic mass is 10.2. The highest BCUT2D eigenvalue weighted by Gasteiger charge is 2.04. The largest absolute Gasteiger partial charge is 0.487 e. The molecule has 2 aromatic heterocycles. The van der Waals surface area contributed by atoms with E-state index in [2.05, 4.69) is 11.9 Å². The predicted octanol–water partition coefficient (Wildman–Crippen LogP) is 3.88. The van der Waals surface area contributed by atoms with Crippen molar-refractivity contribution in [2.75, 3.05) is 0 Å². The molecule has 0 aliphatic carbocycles. The highest BCUT2D eigenvalue weighted by atomic mass is 35.5. The maximum absolute atomic E-state index is 5.99. The van der Waals surface area contributed by atoms with Gasteiger partial charge in [-0.05, 0) is 31.2 Å². The van der Waals surface area contributed by atoms with Crippen LogP contribution in [0.3, 0.4) is 0 Å². The van der Waals surface area contributed by atoms with Crippen molar-refractivity contribution >= 4 is 17.2 Å². The number of nitrogens with zero attached hydrogens (tertiary/aromatic N) is 2. The zero-order valence-corrected chi connectivity index (χ0v) is 11.3. The molecule has 0 amide bonds. The van der Waals surface area contributed by atoms with Gasteiger partial charge >= 0.3 is 0 Å². The van der Waals surface area contributed by atoms with Crippen LogP contribution in [0.1, 0.15) is 11.3 Å². The van der Waals surface area contributed by atoms with E-state index in [0.717, 1.165) is 17.1 Å². The van der Waals surface area contributed by atoms with Crippen molar-refractivity contribution in [1.82, 2.24) is 9.38 Å². The van der Waals surface area contributed by atoms with Crippen molar-refractivity contribution in [3.8, 4) is 5.75 Å². The number of ether oxygens (including phenoxy) is 1. The Morgan fingerprint density at radius 3 is 2.74 bits per heavy atom. The lowest BCUT2D eigenvalue weighted by molar-refractivity contribution is 0.300. The lowest BCUT2D eigenvalue weighted by Crippen LogP contribution is -1.99. The maximum atomic E-state index is 5.99. The number of aromatic nitrogens is 2. The Morgan fingerprint density at radius 1 is 1.16 bits per heavy atom. The zero-order chi connectivity index (χ0) is 13.2. The van der Waals surface area contributed by atoms with E-state index in [1.54, 1.807) is 6.20 Å². The van der Waals surface area contributed by atoms with Gasteiger partial charge in [0.2, 0.25) is 0 Å². The summed E-state index contributed by atoms with van der Waals surface area (Å²) in [5.74, 6) is 0.850. The van der Waals surface area contributed by atoms with Crippen LogP contribution in [-0.4, -0.2) is 9.38 Å². The molecule has 3 aromatic rings. The summed E-state index contributed by atoms with van der Waals surface area (Å²) >= 11 is 5.99. The van der Waals surface area contributed by atoms with Crippen LogP contribution < -0.4 is 4.74 Å². The molecule has 0 N–H and O–H groups in total. The summed E-state index contributed by atoms with van der Waals surface area (Å²) in [6.45, 7) is 2.51. The van der Waals surface area contributed by atoms with E-state index in [4.69, 9.17) is 16.3 Å². The molecule has 0 saturated carbocycles. The number of hydrogen-bond acceptors (Lipinski definition) is 2. The molecule has 0 bridgehead atoms. The first-order valence-electron chi connectivity index (χ1n) is 6.03. The first-order chi connectivity index (χ1) is 9.22. The fourth-order valence-corrected chi connectivity index (χ4v) is 2.06. The third-order valence-corrected chi connectivity index (χ3v) is 3.18. The molecule has 3 rings (SSSR count). The molecule has 0 spiro atoms. The number of benzene rings is 1. The van der Waals surface area contributed by atoms with E-state index in [0.29, 0.717) is 11.6 Å². The monoisotopic (exact) mass is 272 g/mol. The van der Waals surface area contributed by atoms with Crippen molar-refractivity contribution in [1.29, 1.82) is 0 Å². The predicted molar refractivity (Wildman–Crippen MR) is 75.7 cm³/mol. The number of pyridine rings is 1. The van der Waals surface area contributed by atoms with Gasteiger partial charge in [0.15, 0.2) is 0 Å². The molecule has 3 nitrogen and oxygen atoms in total. The molecular weight excluding hydrogens is 260 g/mol. The van der Waals surface area contributed by atoms with Crippen LogP contribution in [0.15, 0.2) is 48.8 Å². The summed E-state index contributed by atoms with van der Waals surface area (Å²) < 4.78 is 7.69. The number of aryl methyl sites for hydroxylation is 1. The van der Waals surface area contributed by atoms with E-state index in [-0.39, 0.29) is 0 Å². The fraction of sp³-hybridized carbons (Fsp3) is 0.133. The van der Waals surface area contributed by atoms with Crippen LogP contribution in [0.5, 0.6) is 5.75 Å². The Labute approximate surface area is 116 Å². The van der Waals surface area contributed by atoms with Crippen LogP contribution >= 0.6 is 11.6 Å². The number of imidazole rings is 1. The third-order valence-electron chi connectivity index (χ3n) is 2.95. The van der Waals surface area contributed by atoms with Gasteiger partial charge in [0.1, 0.15) is 18.0 Å². The van der Waals surface area contributed by atoms with Gasteiger partial charge in [-0.15, -0.1) is 0 Å². The summed E-state index contributed by atoms with van der Waals surface area (Å²) in [5, 5.41) is 0.682. The summed E-state index contributed by atoms with van der Waals surface area (Å²) in [6, 6.07) is 11.7. The van der Waals surface area contributed by atoms with E-state index >= 15 is 0 Å². The smallest absolute Gasteiger partial charge is 0.137 e. The average molecular weight is 273 g/mol. The minimum absolute atomic E-state index is 0.463. The topological polar surface area (TPSA) is 26.5 Å². The molecule has 0 saturated heterocycles. The van der Waals surface area contributed by atoms with Gasteiger partial charge in [-0.1, -0.05) is 29.3 Å². The van der Waals surface area contributed by atoms with Gasteiger partial charge < -0.3 is 4.74 Å². The number of rotatable bonds is 3. The molecule has 19 heavy (non-hydrogen) atoms. The van der Waals surface area contributed by atoms with Gasteiger partial charge in [-0.2, -0.15) is 0 Å². The molecule has 0 aliphatic heterocycles. The molecular formula is C15H13ClN2O. The number of fused-ring (bicyclic) bond motifs is 1. The van der Waals surface area contributed by atoms with E-state index in [1.165, 1.54) is 5.56 Å². The van der Waals surface area contributed by atoms with Crippen molar-refractivity contribution in [3.63, 3.8) is 0 Å². The SMILES string of the molecule is Cc1ccc(OCc2cnc3ccc(Cl)cn23)cc1. The molecule has 0 atom stereocenters. The van der Waals surface area contributed by atoms with Gasteiger partial charge in [0.25, 0.3) is 0 Å². The fourth-order valence-electron chi connectivity index (χ4n) is 1.90. The molecule has 2 heterocycles. The highest BCUT2D eigenvalue weighted by Crippen LogP contribution is 2.16. The van der Waals surface area contributed by atoms with Crippen molar-refractivity contribution < 1.29 is 4.74 Å². The second-order valence-electron chi connectivity index (χ2n) is 4.43. The number of halogens is 1. The van der Waals surface area contributed by atoms with Crippen LogP contribution in [0.2, 0.25) is 5.02 Å². The highest BCUT2D eigenvalue weighted by molar-refractivity contribution is 6.30. The minimum Gasteiger partial charge on any atom is -0.487 e. The molecule has 0 aliphatic rings. The van der Waals surface area contributed by atoms with Crippen molar-refractivity contribution in [2.24, 2.45) is 0 Å². The van der Waals surface area contributed by atoms with Gasteiger partial charge in [0.05, 0.1) is 16.9 Å². The lowest BCUT2D eigenvalue weighted by Gasteiger charge is -2.06. The Morgan fingerprint density at radius 2 is 1.95 bits per heavy atom. The summed E-state index contributed by atoms with van der Waals surface area (Å²) in [4.78, 5) is 4.31. The van der Waals surface area contributed by atoms with Gasteiger partial charge in [-0.25, -0.2) is 4.98 Å². The third kappa shape index (κ3) is 2.56. The maximum Gasteiger partial charge on any atom is 0.137 e. The Kier molecular flexibility index (Phi) is 3.13. The van der Waals surface area contributed by atoms with E-state index in [1.807, 2.05) is 47.0 Å². The Hall–Kier alpha value is -2.00. The van der Waals surface area contributed by atoms with Crippen LogP contribution in [0, 0.1) is 6.92 Å². The Balaban J connectivity index is 1.81. The standard InChI is InChI=1S/C15H13ClN2O/c1-11-2-5-14(6-3-11)19-10-13-8-17-15-7-4-12(16)9-18(13)15/h2-9H,10H2,1H3. The second-order valence-corrected chi connectivity index (χ2v) is 4.86. The first-order valence-corrected chi connectivity index (χ1v) is 6.41. The quantitative estimate of drug-likeness (QED) is 0.723. The van der Waals surface area contributed by atoms with Crippen LogP contribution in [-0.2, 0) is 6.61 Å². The molecule has 0 unspecified atom stereocenters.